The number of aromatic nitrogens is 3. The predicted molar refractivity (Wildman–Crippen MR) is 111 cm³/mol. The molecule has 3 heterocycles. The fraction of sp³-hybridized carbons (Fsp3) is 0. The topological polar surface area (TPSA) is 50.7 Å². The Kier molecular flexibility index (Phi) is 3.81. The lowest BCUT2D eigenvalue weighted by atomic mass is 10.1. The van der Waals surface area contributed by atoms with E-state index >= 15 is 0 Å². The predicted octanol–water partition coefficient (Wildman–Crippen LogP) is 6.37. The third-order valence-electron chi connectivity index (χ3n) is 4.04. The van der Waals surface area contributed by atoms with E-state index in [2.05, 4.69) is 31.7 Å². The first-order valence-electron chi connectivity index (χ1n) is 7.89. The lowest BCUT2D eigenvalue weighted by molar-refractivity contribution is 1.23. The molecule has 0 aliphatic carbocycles. The third-order valence-corrected chi connectivity index (χ3v) is 6.13. The van der Waals surface area contributed by atoms with Gasteiger partial charge in [-0.1, -0.05) is 47.2 Å². The van der Waals surface area contributed by atoms with Crippen LogP contribution in [0.25, 0.3) is 31.6 Å². The molecule has 0 saturated carbocycles. The molecule has 3 aromatic heterocycles. The van der Waals surface area contributed by atoms with Crippen molar-refractivity contribution in [3.05, 3.63) is 65.3 Å². The van der Waals surface area contributed by atoms with Crippen LogP contribution in [-0.4, -0.2) is 15.0 Å². The molecule has 0 bridgehead atoms. The van der Waals surface area contributed by atoms with Gasteiger partial charge < -0.3 is 5.32 Å². The molecule has 0 unspecified atom stereocenters. The Morgan fingerprint density at radius 3 is 2.65 bits per heavy atom. The first kappa shape index (κ1) is 15.7. The van der Waals surface area contributed by atoms with E-state index in [1.807, 2.05) is 42.5 Å². The molecule has 5 aromatic rings. The van der Waals surface area contributed by atoms with Crippen molar-refractivity contribution in [3.63, 3.8) is 0 Å². The van der Waals surface area contributed by atoms with Gasteiger partial charge in [-0.25, -0.2) is 15.0 Å². The fourth-order valence-electron chi connectivity index (χ4n) is 2.84. The van der Waals surface area contributed by atoms with Crippen molar-refractivity contribution in [2.45, 2.75) is 0 Å². The fourth-order valence-corrected chi connectivity index (χ4v) is 4.75. The van der Waals surface area contributed by atoms with Crippen molar-refractivity contribution < 1.29 is 0 Å². The summed E-state index contributed by atoms with van der Waals surface area (Å²) in [5, 5.41) is 8.02. The minimum Gasteiger partial charge on any atom is -0.316 e. The molecule has 0 spiro atoms. The minimum absolute atomic E-state index is 0.720. The molecule has 126 valence electrons. The van der Waals surface area contributed by atoms with Gasteiger partial charge in [0, 0.05) is 16.0 Å². The first-order chi connectivity index (χ1) is 12.8. The number of hydrogen-bond acceptors (Lipinski definition) is 6. The molecule has 1 N–H and O–H groups in total. The Labute approximate surface area is 162 Å². The summed E-state index contributed by atoms with van der Waals surface area (Å²) in [6.07, 6.45) is 1.58. The molecule has 7 heteroatoms. The van der Waals surface area contributed by atoms with Gasteiger partial charge in [0.15, 0.2) is 5.13 Å². The second-order valence-electron chi connectivity index (χ2n) is 5.67. The number of nitrogens with zero attached hydrogens (tertiary/aromatic N) is 3. The monoisotopic (exact) mass is 394 g/mol. The van der Waals surface area contributed by atoms with Gasteiger partial charge in [-0.3, -0.25) is 0 Å². The van der Waals surface area contributed by atoms with E-state index < -0.39 is 0 Å². The number of thiazole rings is 1. The van der Waals surface area contributed by atoms with Crippen molar-refractivity contribution in [2.75, 3.05) is 5.32 Å². The Morgan fingerprint density at radius 1 is 0.962 bits per heavy atom. The van der Waals surface area contributed by atoms with Crippen molar-refractivity contribution >= 4 is 65.7 Å². The SMILES string of the molecule is Clc1ccc(-c2csc3ncnc(Nc4nc5ccccc5s4)c23)cc1. The third kappa shape index (κ3) is 2.72. The number of fused-ring (bicyclic) bond motifs is 2. The number of rotatable bonds is 3. The number of thiophene rings is 1. The second-order valence-corrected chi connectivity index (χ2v) is 8.00. The lowest BCUT2D eigenvalue weighted by Gasteiger charge is -2.06. The Balaban J connectivity index is 1.63. The summed E-state index contributed by atoms with van der Waals surface area (Å²) in [6, 6.07) is 15.9. The molecular weight excluding hydrogens is 384 g/mol. The van der Waals surface area contributed by atoms with Crippen LogP contribution in [-0.2, 0) is 0 Å². The van der Waals surface area contributed by atoms with Gasteiger partial charge in [0.25, 0.3) is 0 Å². The van der Waals surface area contributed by atoms with Crippen molar-refractivity contribution in [3.8, 4) is 11.1 Å². The van der Waals surface area contributed by atoms with E-state index in [1.54, 1.807) is 29.0 Å². The van der Waals surface area contributed by atoms with Crippen molar-refractivity contribution in [1.29, 1.82) is 0 Å². The Hall–Kier alpha value is -2.54. The highest BCUT2D eigenvalue weighted by atomic mass is 35.5. The van der Waals surface area contributed by atoms with Gasteiger partial charge in [0.2, 0.25) is 0 Å². The quantitative estimate of drug-likeness (QED) is 0.386. The van der Waals surface area contributed by atoms with Crippen molar-refractivity contribution in [2.24, 2.45) is 0 Å². The van der Waals surface area contributed by atoms with Crippen LogP contribution in [0.15, 0.2) is 60.2 Å². The molecule has 0 amide bonds. The van der Waals surface area contributed by atoms with E-state index in [0.717, 1.165) is 47.5 Å². The molecule has 0 aliphatic heterocycles. The van der Waals surface area contributed by atoms with E-state index in [-0.39, 0.29) is 0 Å². The van der Waals surface area contributed by atoms with Crippen molar-refractivity contribution in [1.82, 2.24) is 15.0 Å². The summed E-state index contributed by atoms with van der Waals surface area (Å²) in [7, 11) is 0. The molecular formula is C19H11ClN4S2. The van der Waals surface area contributed by atoms with Crippen LogP contribution in [0.5, 0.6) is 0 Å². The van der Waals surface area contributed by atoms with Gasteiger partial charge in [-0.2, -0.15) is 0 Å². The van der Waals surface area contributed by atoms with Gasteiger partial charge >= 0.3 is 0 Å². The summed E-state index contributed by atoms with van der Waals surface area (Å²) in [6.45, 7) is 0. The minimum atomic E-state index is 0.720. The molecule has 0 atom stereocenters. The number of nitrogens with one attached hydrogen (secondary N) is 1. The van der Waals surface area contributed by atoms with Gasteiger partial charge in [-0.15, -0.1) is 11.3 Å². The molecule has 0 aliphatic rings. The van der Waals surface area contributed by atoms with Gasteiger partial charge in [0.05, 0.1) is 15.6 Å². The molecule has 0 radical (unpaired) electrons. The highest BCUT2D eigenvalue weighted by Gasteiger charge is 2.14. The number of halogens is 1. The average Bonchev–Trinajstić information content (AvgIpc) is 3.26. The van der Waals surface area contributed by atoms with Crippen LogP contribution in [0.1, 0.15) is 0 Å². The maximum atomic E-state index is 6.03. The highest BCUT2D eigenvalue weighted by Crippen LogP contribution is 2.38. The first-order valence-corrected chi connectivity index (χ1v) is 9.96. The largest absolute Gasteiger partial charge is 0.316 e. The summed E-state index contributed by atoms with van der Waals surface area (Å²) in [4.78, 5) is 14.5. The molecule has 0 saturated heterocycles. The highest BCUT2D eigenvalue weighted by molar-refractivity contribution is 7.22. The summed E-state index contributed by atoms with van der Waals surface area (Å²) in [5.74, 6) is 0.764. The molecule has 2 aromatic carbocycles. The van der Waals surface area contributed by atoms with Gasteiger partial charge in [0.1, 0.15) is 17.0 Å². The Bertz CT molecular complexity index is 1190. The smallest absolute Gasteiger partial charge is 0.189 e. The van der Waals surface area contributed by atoms with Gasteiger partial charge in [-0.05, 0) is 29.8 Å². The zero-order valence-corrected chi connectivity index (χ0v) is 15.7. The summed E-state index contributed by atoms with van der Waals surface area (Å²) >= 11 is 9.24. The second kappa shape index (κ2) is 6.32. The zero-order valence-electron chi connectivity index (χ0n) is 13.3. The van der Waals surface area contributed by atoms with Crippen LogP contribution in [0.2, 0.25) is 5.02 Å². The maximum Gasteiger partial charge on any atom is 0.189 e. The number of benzene rings is 2. The molecule has 5 rings (SSSR count). The van der Waals surface area contributed by atoms with Crippen LogP contribution in [0.3, 0.4) is 0 Å². The average molecular weight is 395 g/mol. The van der Waals surface area contributed by atoms with E-state index in [9.17, 15) is 0 Å². The lowest BCUT2D eigenvalue weighted by Crippen LogP contribution is -1.94. The van der Waals surface area contributed by atoms with E-state index in [1.165, 1.54) is 0 Å². The van der Waals surface area contributed by atoms with Crippen LogP contribution in [0.4, 0.5) is 10.9 Å². The Morgan fingerprint density at radius 2 is 1.81 bits per heavy atom. The van der Waals surface area contributed by atoms with Crippen LogP contribution in [0, 0.1) is 0 Å². The summed E-state index contributed by atoms with van der Waals surface area (Å²) < 4.78 is 1.14. The van der Waals surface area contributed by atoms with E-state index in [4.69, 9.17) is 11.6 Å². The molecule has 0 fully saturated rings. The summed E-state index contributed by atoms with van der Waals surface area (Å²) in [5.41, 5.74) is 3.15. The van der Waals surface area contributed by atoms with E-state index in [0.29, 0.717) is 0 Å². The normalized spacial score (nSPS) is 11.3. The number of hydrogen-bond donors (Lipinski definition) is 1. The maximum absolute atomic E-state index is 6.03. The van der Waals surface area contributed by atoms with Crippen LogP contribution >= 0.6 is 34.3 Å². The molecule has 4 nitrogen and oxygen atoms in total. The number of para-hydroxylation sites is 1. The zero-order chi connectivity index (χ0) is 17.5. The molecule has 26 heavy (non-hydrogen) atoms. The van der Waals surface area contributed by atoms with Crippen LogP contribution < -0.4 is 5.32 Å². The standard InChI is InChI=1S/C19H11ClN4S2/c20-12-7-5-11(6-8-12)13-9-25-18-16(13)17(21-10-22-18)24-19-23-14-3-1-2-4-15(14)26-19/h1-10H,(H,21,22,23,24). The number of anilines is 2.